The first-order chi connectivity index (χ1) is 6.18. The molecule has 1 rings (SSSR count). The summed E-state index contributed by atoms with van der Waals surface area (Å²) in [5, 5.41) is 0. The minimum Gasteiger partial charge on any atom is -0.0853 e. The second-order valence-corrected chi connectivity index (χ2v) is 4.94. The molecule has 0 radical (unpaired) electrons. The van der Waals surface area contributed by atoms with Crippen molar-refractivity contribution in [3.63, 3.8) is 0 Å². The molecule has 0 amide bonds. The van der Waals surface area contributed by atoms with Crippen LogP contribution in [0.15, 0.2) is 11.6 Å². The zero-order valence-corrected chi connectivity index (χ0v) is 9.53. The van der Waals surface area contributed by atoms with E-state index in [9.17, 15) is 0 Å². The Bertz CT molecular complexity index is 166. The monoisotopic (exact) mass is 180 g/mol. The smallest absolute Gasteiger partial charge is 0.0263 e. The lowest BCUT2D eigenvalue weighted by molar-refractivity contribution is 0.271. The van der Waals surface area contributed by atoms with Crippen molar-refractivity contribution in [1.29, 1.82) is 0 Å². The molecular weight excluding hydrogens is 156 g/mol. The number of allylic oxidation sites excluding steroid dienone is 2. The summed E-state index contributed by atoms with van der Waals surface area (Å²) in [4.78, 5) is 0. The molecule has 1 aliphatic rings. The van der Waals surface area contributed by atoms with Crippen molar-refractivity contribution in [2.45, 2.75) is 65.7 Å². The van der Waals surface area contributed by atoms with E-state index in [2.05, 4.69) is 26.8 Å². The molecule has 0 aromatic heterocycles. The molecule has 0 unspecified atom stereocenters. The Balaban J connectivity index is 2.51. The maximum Gasteiger partial charge on any atom is -0.0263 e. The minimum atomic E-state index is 0.700. The van der Waals surface area contributed by atoms with Crippen molar-refractivity contribution in [2.24, 2.45) is 5.41 Å². The topological polar surface area (TPSA) is 0 Å². The van der Waals surface area contributed by atoms with E-state index in [4.69, 9.17) is 0 Å². The van der Waals surface area contributed by atoms with Gasteiger partial charge in [0.1, 0.15) is 0 Å². The van der Waals surface area contributed by atoms with Gasteiger partial charge in [0.15, 0.2) is 0 Å². The SMILES string of the molecule is CCCC1(CC=C(C)C)CCCC1. The predicted octanol–water partition coefficient (Wildman–Crippen LogP) is 4.70. The minimum absolute atomic E-state index is 0.700. The van der Waals surface area contributed by atoms with Crippen LogP contribution in [0.1, 0.15) is 65.7 Å². The van der Waals surface area contributed by atoms with E-state index in [0.29, 0.717) is 5.41 Å². The van der Waals surface area contributed by atoms with E-state index < -0.39 is 0 Å². The summed E-state index contributed by atoms with van der Waals surface area (Å²) in [5.74, 6) is 0. The number of rotatable bonds is 4. The first-order valence-corrected chi connectivity index (χ1v) is 5.82. The van der Waals surface area contributed by atoms with E-state index in [1.54, 1.807) is 0 Å². The second-order valence-electron chi connectivity index (χ2n) is 4.94. The van der Waals surface area contributed by atoms with Crippen LogP contribution in [-0.2, 0) is 0 Å². The molecule has 0 spiro atoms. The maximum atomic E-state index is 2.45. The molecule has 1 fully saturated rings. The highest BCUT2D eigenvalue weighted by molar-refractivity contribution is 4.99. The summed E-state index contributed by atoms with van der Waals surface area (Å²) in [5.41, 5.74) is 2.19. The maximum absolute atomic E-state index is 2.45. The first kappa shape index (κ1) is 10.8. The van der Waals surface area contributed by atoms with Crippen molar-refractivity contribution in [3.05, 3.63) is 11.6 Å². The lowest BCUT2D eigenvalue weighted by Gasteiger charge is -2.27. The fourth-order valence-corrected chi connectivity index (χ4v) is 2.63. The lowest BCUT2D eigenvalue weighted by Crippen LogP contribution is -2.14. The average molecular weight is 180 g/mol. The third-order valence-electron chi connectivity index (χ3n) is 3.39. The average Bonchev–Trinajstić information content (AvgIpc) is 2.51. The zero-order chi connectivity index (χ0) is 9.73. The van der Waals surface area contributed by atoms with Crippen LogP contribution in [0.3, 0.4) is 0 Å². The molecule has 0 aliphatic heterocycles. The van der Waals surface area contributed by atoms with Crippen molar-refractivity contribution in [1.82, 2.24) is 0 Å². The van der Waals surface area contributed by atoms with Crippen LogP contribution in [0.25, 0.3) is 0 Å². The molecule has 0 bridgehead atoms. The predicted molar refractivity (Wildman–Crippen MR) is 59.9 cm³/mol. The highest BCUT2D eigenvalue weighted by Gasteiger charge is 2.31. The van der Waals surface area contributed by atoms with E-state index in [1.807, 2.05) is 0 Å². The van der Waals surface area contributed by atoms with Crippen LogP contribution < -0.4 is 0 Å². The standard InChI is InChI=1S/C13H24/c1-4-8-13(9-5-6-10-13)11-7-12(2)3/h7H,4-6,8-11H2,1-3H3. The van der Waals surface area contributed by atoms with Gasteiger partial charge >= 0.3 is 0 Å². The quantitative estimate of drug-likeness (QED) is 0.550. The van der Waals surface area contributed by atoms with Gasteiger partial charge in [-0.15, -0.1) is 0 Å². The molecule has 0 heterocycles. The Hall–Kier alpha value is -0.260. The molecule has 0 atom stereocenters. The molecule has 1 aliphatic carbocycles. The molecule has 0 nitrogen and oxygen atoms in total. The highest BCUT2D eigenvalue weighted by Crippen LogP contribution is 2.45. The van der Waals surface area contributed by atoms with Crippen LogP contribution in [0.4, 0.5) is 0 Å². The molecule has 0 heteroatoms. The Morgan fingerprint density at radius 2 is 1.85 bits per heavy atom. The third kappa shape index (κ3) is 3.17. The number of hydrogen-bond donors (Lipinski definition) is 0. The normalized spacial score (nSPS) is 20.2. The van der Waals surface area contributed by atoms with Crippen molar-refractivity contribution in [3.8, 4) is 0 Å². The van der Waals surface area contributed by atoms with Gasteiger partial charge in [-0.1, -0.05) is 37.8 Å². The van der Waals surface area contributed by atoms with Crippen molar-refractivity contribution >= 4 is 0 Å². The van der Waals surface area contributed by atoms with Gasteiger partial charge in [-0.05, 0) is 44.9 Å². The lowest BCUT2D eigenvalue weighted by atomic mass is 9.78. The summed E-state index contributed by atoms with van der Waals surface area (Å²) in [6, 6.07) is 0. The van der Waals surface area contributed by atoms with Crippen molar-refractivity contribution < 1.29 is 0 Å². The Kier molecular flexibility index (Phi) is 4.02. The second kappa shape index (κ2) is 4.83. The largest absolute Gasteiger partial charge is 0.0853 e. The van der Waals surface area contributed by atoms with Gasteiger partial charge in [0, 0.05) is 0 Å². The van der Waals surface area contributed by atoms with Crippen molar-refractivity contribution in [2.75, 3.05) is 0 Å². The molecule has 1 saturated carbocycles. The highest BCUT2D eigenvalue weighted by atomic mass is 14.4. The van der Waals surface area contributed by atoms with Crippen LogP contribution in [0, 0.1) is 5.41 Å². The fraction of sp³-hybridized carbons (Fsp3) is 0.846. The van der Waals surface area contributed by atoms with Crippen LogP contribution in [0.2, 0.25) is 0 Å². The molecule has 0 aromatic rings. The van der Waals surface area contributed by atoms with Crippen LogP contribution >= 0.6 is 0 Å². The van der Waals surface area contributed by atoms with Crippen LogP contribution in [0.5, 0.6) is 0 Å². The van der Waals surface area contributed by atoms with Gasteiger partial charge in [-0.2, -0.15) is 0 Å². The summed E-state index contributed by atoms with van der Waals surface area (Å²) >= 11 is 0. The van der Waals surface area contributed by atoms with Crippen LogP contribution in [-0.4, -0.2) is 0 Å². The molecule has 0 N–H and O–H groups in total. The molecule has 13 heavy (non-hydrogen) atoms. The number of hydrogen-bond acceptors (Lipinski definition) is 0. The Morgan fingerprint density at radius 3 is 2.31 bits per heavy atom. The Morgan fingerprint density at radius 1 is 1.23 bits per heavy atom. The zero-order valence-electron chi connectivity index (χ0n) is 9.53. The molecule has 0 aromatic carbocycles. The first-order valence-electron chi connectivity index (χ1n) is 5.82. The molecule has 76 valence electrons. The van der Waals surface area contributed by atoms with Gasteiger partial charge < -0.3 is 0 Å². The van der Waals surface area contributed by atoms with Gasteiger partial charge in [0.05, 0.1) is 0 Å². The van der Waals surface area contributed by atoms with E-state index in [-0.39, 0.29) is 0 Å². The summed E-state index contributed by atoms with van der Waals surface area (Å²) < 4.78 is 0. The third-order valence-corrected chi connectivity index (χ3v) is 3.39. The summed E-state index contributed by atoms with van der Waals surface area (Å²) in [6.07, 6.45) is 12.5. The van der Waals surface area contributed by atoms with Gasteiger partial charge in [0.25, 0.3) is 0 Å². The van der Waals surface area contributed by atoms with Gasteiger partial charge in [-0.3, -0.25) is 0 Å². The molecule has 0 saturated heterocycles. The van der Waals surface area contributed by atoms with Gasteiger partial charge in [0.2, 0.25) is 0 Å². The van der Waals surface area contributed by atoms with E-state index in [0.717, 1.165) is 0 Å². The van der Waals surface area contributed by atoms with Gasteiger partial charge in [-0.25, -0.2) is 0 Å². The Labute approximate surface area is 83.4 Å². The summed E-state index contributed by atoms with van der Waals surface area (Å²) in [6.45, 7) is 6.76. The summed E-state index contributed by atoms with van der Waals surface area (Å²) in [7, 11) is 0. The van der Waals surface area contributed by atoms with E-state index in [1.165, 1.54) is 50.5 Å². The fourth-order valence-electron chi connectivity index (χ4n) is 2.63. The molecular formula is C13H24. The van der Waals surface area contributed by atoms with E-state index >= 15 is 0 Å².